The molecule has 96 valence electrons. The Morgan fingerprint density at radius 2 is 2.00 bits per heavy atom. The monoisotopic (exact) mass is 263 g/mol. The predicted molar refractivity (Wildman–Crippen MR) is 61.6 cm³/mol. The quantitative estimate of drug-likeness (QED) is 0.795. The molecule has 0 fully saturated rings. The highest BCUT2D eigenvalue weighted by Gasteiger charge is 2.19. The summed E-state index contributed by atoms with van der Waals surface area (Å²) in [6, 6.07) is 2.44. The van der Waals surface area contributed by atoms with E-state index in [0.29, 0.717) is 13.0 Å². The molecule has 0 radical (unpaired) electrons. The molecule has 1 rings (SSSR count). The maximum atomic E-state index is 13.3. The summed E-state index contributed by atoms with van der Waals surface area (Å²) in [5.41, 5.74) is 0. The molecule has 0 bridgehead atoms. The summed E-state index contributed by atoms with van der Waals surface area (Å²) in [5.74, 6) is -1.85. The van der Waals surface area contributed by atoms with Crippen LogP contribution in [-0.2, 0) is 9.84 Å². The minimum Gasteiger partial charge on any atom is -0.317 e. The van der Waals surface area contributed by atoms with Crippen molar-refractivity contribution in [3.05, 3.63) is 29.8 Å². The fourth-order valence-electron chi connectivity index (χ4n) is 1.39. The first kappa shape index (κ1) is 14.1. The van der Waals surface area contributed by atoms with Gasteiger partial charge < -0.3 is 5.32 Å². The number of benzene rings is 1. The number of nitrogens with one attached hydrogen (secondary N) is 1. The lowest BCUT2D eigenvalue weighted by Gasteiger charge is -2.06. The van der Waals surface area contributed by atoms with E-state index in [1.807, 2.05) is 6.92 Å². The molecule has 17 heavy (non-hydrogen) atoms. The second-order valence-electron chi connectivity index (χ2n) is 3.60. The molecule has 0 aliphatic heterocycles. The third kappa shape index (κ3) is 4.05. The summed E-state index contributed by atoms with van der Waals surface area (Å²) in [6.45, 7) is 3.18. The van der Waals surface area contributed by atoms with Crippen LogP contribution in [0.4, 0.5) is 8.78 Å². The van der Waals surface area contributed by atoms with Crippen molar-refractivity contribution < 1.29 is 17.2 Å². The molecule has 0 aliphatic rings. The maximum absolute atomic E-state index is 13.3. The van der Waals surface area contributed by atoms with Crippen molar-refractivity contribution in [3.8, 4) is 0 Å². The van der Waals surface area contributed by atoms with E-state index in [-0.39, 0.29) is 5.75 Å². The molecular weight excluding hydrogens is 248 g/mol. The third-order valence-corrected chi connectivity index (χ3v) is 4.05. The summed E-state index contributed by atoms with van der Waals surface area (Å²) in [4.78, 5) is -0.561. The number of halogens is 2. The average Bonchev–Trinajstić information content (AvgIpc) is 2.28. The zero-order chi connectivity index (χ0) is 12.9. The van der Waals surface area contributed by atoms with Crippen LogP contribution in [0.15, 0.2) is 23.1 Å². The van der Waals surface area contributed by atoms with Gasteiger partial charge >= 0.3 is 0 Å². The Balaban J connectivity index is 2.79. The number of rotatable bonds is 6. The molecular formula is C11H15F2NO2S. The molecule has 1 aromatic carbocycles. The van der Waals surface area contributed by atoms with Crippen molar-refractivity contribution in [2.45, 2.75) is 18.2 Å². The molecule has 1 aromatic rings. The first-order valence-electron chi connectivity index (χ1n) is 5.36. The van der Waals surface area contributed by atoms with Gasteiger partial charge in [-0.1, -0.05) is 6.92 Å². The number of hydrogen-bond donors (Lipinski definition) is 1. The van der Waals surface area contributed by atoms with E-state index in [9.17, 15) is 17.2 Å². The fraction of sp³-hybridized carbons (Fsp3) is 0.455. The van der Waals surface area contributed by atoms with Crippen LogP contribution in [-0.4, -0.2) is 27.3 Å². The predicted octanol–water partition coefficient (Wildman–Crippen LogP) is 1.74. The van der Waals surface area contributed by atoms with E-state index < -0.39 is 26.4 Å². The molecule has 0 aliphatic carbocycles. The molecule has 1 N–H and O–H groups in total. The maximum Gasteiger partial charge on any atom is 0.181 e. The third-order valence-electron chi connectivity index (χ3n) is 2.24. The molecule has 0 amide bonds. The molecule has 0 atom stereocenters. The van der Waals surface area contributed by atoms with Crippen LogP contribution in [0.1, 0.15) is 13.3 Å². The molecule has 3 nitrogen and oxygen atoms in total. The van der Waals surface area contributed by atoms with Crippen LogP contribution in [0.25, 0.3) is 0 Å². The number of sulfone groups is 1. The van der Waals surface area contributed by atoms with Gasteiger partial charge in [-0.25, -0.2) is 17.2 Å². The number of hydrogen-bond acceptors (Lipinski definition) is 3. The summed E-state index contributed by atoms with van der Waals surface area (Å²) in [6.07, 6.45) is 0.367. The zero-order valence-electron chi connectivity index (χ0n) is 9.54. The van der Waals surface area contributed by atoms with Crippen molar-refractivity contribution in [1.82, 2.24) is 5.32 Å². The summed E-state index contributed by atoms with van der Waals surface area (Å²) in [7, 11) is -3.75. The molecule has 6 heteroatoms. The van der Waals surface area contributed by atoms with Crippen LogP contribution in [0.2, 0.25) is 0 Å². The van der Waals surface area contributed by atoms with Gasteiger partial charge in [-0.2, -0.15) is 0 Å². The second kappa shape index (κ2) is 6.07. The highest BCUT2D eigenvalue weighted by atomic mass is 32.2. The van der Waals surface area contributed by atoms with Crippen LogP contribution < -0.4 is 5.32 Å². The standard InChI is InChI=1S/C11H15F2NO2S/c1-2-14-6-3-7-17(15,16)11-8-9(12)4-5-10(11)13/h4-5,8,14H,2-3,6-7H2,1H3. The lowest BCUT2D eigenvalue weighted by molar-refractivity contribution is 0.551. The first-order valence-corrected chi connectivity index (χ1v) is 7.01. The Bertz CT molecular complexity index is 474. The molecule has 0 unspecified atom stereocenters. The van der Waals surface area contributed by atoms with Gasteiger partial charge in [-0.15, -0.1) is 0 Å². The molecule has 0 saturated heterocycles. The summed E-state index contributed by atoms with van der Waals surface area (Å²) >= 11 is 0. The van der Waals surface area contributed by atoms with Crippen molar-refractivity contribution in [2.75, 3.05) is 18.8 Å². The highest BCUT2D eigenvalue weighted by molar-refractivity contribution is 7.91. The van der Waals surface area contributed by atoms with Gasteiger partial charge in [0.2, 0.25) is 0 Å². The largest absolute Gasteiger partial charge is 0.317 e. The van der Waals surface area contributed by atoms with Crippen LogP contribution >= 0.6 is 0 Å². The van der Waals surface area contributed by atoms with Gasteiger partial charge in [0.25, 0.3) is 0 Å². The minimum atomic E-state index is -3.75. The van der Waals surface area contributed by atoms with E-state index in [4.69, 9.17) is 0 Å². The highest BCUT2D eigenvalue weighted by Crippen LogP contribution is 2.17. The van der Waals surface area contributed by atoms with Crippen molar-refractivity contribution in [3.63, 3.8) is 0 Å². The van der Waals surface area contributed by atoms with E-state index in [1.54, 1.807) is 0 Å². The molecule has 0 aromatic heterocycles. The fourth-order valence-corrected chi connectivity index (χ4v) is 2.79. The Labute approximate surface area is 99.8 Å². The summed E-state index contributed by atoms with van der Waals surface area (Å²) < 4.78 is 49.6. The SMILES string of the molecule is CCNCCCS(=O)(=O)c1cc(F)ccc1F. The lowest BCUT2D eigenvalue weighted by atomic mass is 10.3. The van der Waals surface area contributed by atoms with Gasteiger partial charge in [0.1, 0.15) is 16.5 Å². The van der Waals surface area contributed by atoms with Gasteiger partial charge in [-0.3, -0.25) is 0 Å². The normalized spacial score (nSPS) is 11.7. The van der Waals surface area contributed by atoms with E-state index in [2.05, 4.69) is 5.32 Å². The van der Waals surface area contributed by atoms with Gasteiger partial charge in [-0.05, 0) is 37.7 Å². The van der Waals surface area contributed by atoms with Gasteiger partial charge in [0.15, 0.2) is 9.84 Å². The smallest absolute Gasteiger partial charge is 0.181 e. The Morgan fingerprint density at radius 1 is 1.29 bits per heavy atom. The van der Waals surface area contributed by atoms with E-state index >= 15 is 0 Å². The Hall–Kier alpha value is -1.01. The Kier molecular flexibility index (Phi) is 5.02. The van der Waals surface area contributed by atoms with Crippen LogP contribution in [0.3, 0.4) is 0 Å². The summed E-state index contributed by atoms with van der Waals surface area (Å²) in [5, 5.41) is 2.97. The van der Waals surface area contributed by atoms with E-state index in [1.165, 1.54) is 0 Å². The van der Waals surface area contributed by atoms with Crippen LogP contribution in [0, 0.1) is 11.6 Å². The van der Waals surface area contributed by atoms with Crippen molar-refractivity contribution in [2.24, 2.45) is 0 Å². The second-order valence-corrected chi connectivity index (χ2v) is 5.68. The van der Waals surface area contributed by atoms with Gasteiger partial charge in [0, 0.05) is 0 Å². The van der Waals surface area contributed by atoms with Gasteiger partial charge in [0.05, 0.1) is 5.75 Å². The molecule has 0 heterocycles. The zero-order valence-corrected chi connectivity index (χ0v) is 10.4. The molecule has 0 saturated carbocycles. The Morgan fingerprint density at radius 3 is 2.65 bits per heavy atom. The van der Waals surface area contributed by atoms with E-state index in [0.717, 1.165) is 24.7 Å². The van der Waals surface area contributed by atoms with Crippen LogP contribution in [0.5, 0.6) is 0 Å². The first-order chi connectivity index (χ1) is 7.97. The van der Waals surface area contributed by atoms with Crippen molar-refractivity contribution >= 4 is 9.84 Å². The average molecular weight is 263 g/mol. The van der Waals surface area contributed by atoms with Crippen molar-refractivity contribution in [1.29, 1.82) is 0 Å². The molecule has 0 spiro atoms. The lowest BCUT2D eigenvalue weighted by Crippen LogP contribution is -2.18. The minimum absolute atomic E-state index is 0.194. The topological polar surface area (TPSA) is 46.2 Å².